The zero-order chi connectivity index (χ0) is 20.2. The van der Waals surface area contributed by atoms with E-state index in [0.29, 0.717) is 11.3 Å². The Labute approximate surface area is 155 Å². The van der Waals surface area contributed by atoms with Crippen molar-refractivity contribution < 1.29 is 31.1 Å². The molecular formula is C18H18F3NO4S. The third kappa shape index (κ3) is 5.22. The Morgan fingerprint density at radius 3 is 1.96 bits per heavy atom. The predicted molar refractivity (Wildman–Crippen MR) is 92.3 cm³/mol. The van der Waals surface area contributed by atoms with Gasteiger partial charge < -0.3 is 10.1 Å². The van der Waals surface area contributed by atoms with Crippen molar-refractivity contribution in [3.05, 3.63) is 54.1 Å². The highest BCUT2D eigenvalue weighted by atomic mass is 32.2. The van der Waals surface area contributed by atoms with E-state index in [4.69, 9.17) is 4.74 Å². The van der Waals surface area contributed by atoms with Crippen LogP contribution in [0.5, 0.6) is 5.75 Å². The molecule has 5 nitrogen and oxygen atoms in total. The number of sulfone groups is 1. The molecule has 0 saturated heterocycles. The number of ether oxygens (including phenoxy) is 1. The molecule has 0 saturated carbocycles. The van der Waals surface area contributed by atoms with Crippen molar-refractivity contribution >= 4 is 15.7 Å². The zero-order valence-electron chi connectivity index (χ0n) is 14.6. The van der Waals surface area contributed by atoms with Crippen molar-refractivity contribution in [2.75, 3.05) is 7.11 Å². The van der Waals surface area contributed by atoms with Gasteiger partial charge in [0.25, 0.3) is 0 Å². The van der Waals surface area contributed by atoms with Crippen LogP contribution in [0.25, 0.3) is 0 Å². The number of methoxy groups -OCH3 is 1. The van der Waals surface area contributed by atoms with Gasteiger partial charge in [0.15, 0.2) is 0 Å². The summed E-state index contributed by atoms with van der Waals surface area (Å²) in [5, 5.41) is 1.86. The molecule has 0 aromatic heterocycles. The summed E-state index contributed by atoms with van der Waals surface area (Å²) >= 11 is 0. The van der Waals surface area contributed by atoms with Gasteiger partial charge in [-0.05, 0) is 55.3 Å². The minimum Gasteiger partial charge on any atom is -0.497 e. The molecule has 0 aliphatic carbocycles. The molecule has 27 heavy (non-hydrogen) atoms. The average Bonchev–Trinajstić information content (AvgIpc) is 2.61. The molecule has 9 heteroatoms. The highest BCUT2D eigenvalue weighted by Gasteiger charge is 2.39. The van der Waals surface area contributed by atoms with Gasteiger partial charge >= 0.3 is 12.1 Å². The van der Waals surface area contributed by atoms with Crippen LogP contribution in [0.3, 0.4) is 0 Å². The van der Waals surface area contributed by atoms with E-state index < -0.39 is 28.0 Å². The summed E-state index contributed by atoms with van der Waals surface area (Å²) in [4.78, 5) is 11.1. The van der Waals surface area contributed by atoms with Crippen molar-refractivity contribution in [3.63, 3.8) is 0 Å². The lowest BCUT2D eigenvalue weighted by Crippen LogP contribution is -2.42. The van der Waals surface area contributed by atoms with E-state index in [1.807, 2.05) is 5.32 Å². The van der Waals surface area contributed by atoms with Crippen LogP contribution in [0, 0.1) is 0 Å². The third-order valence-electron chi connectivity index (χ3n) is 3.78. The van der Waals surface area contributed by atoms with Crippen molar-refractivity contribution in [2.45, 2.75) is 35.4 Å². The number of alkyl halides is 3. The lowest BCUT2D eigenvalue weighted by molar-refractivity contribution is -0.174. The summed E-state index contributed by atoms with van der Waals surface area (Å²) in [6.45, 7) is 1.44. The number of hydrogen-bond donors (Lipinski definition) is 1. The van der Waals surface area contributed by atoms with E-state index in [0.717, 1.165) is 0 Å². The number of amides is 1. The number of rotatable bonds is 6. The molecule has 2 aromatic carbocycles. The number of nitrogens with one attached hydrogen (secondary N) is 1. The fourth-order valence-corrected chi connectivity index (χ4v) is 3.67. The number of hydrogen-bond acceptors (Lipinski definition) is 4. The number of benzene rings is 2. The Morgan fingerprint density at radius 1 is 1.04 bits per heavy atom. The maximum absolute atomic E-state index is 12.6. The van der Waals surface area contributed by atoms with Crippen molar-refractivity contribution in [1.29, 1.82) is 0 Å². The molecule has 1 N–H and O–H groups in total. The van der Waals surface area contributed by atoms with E-state index in [9.17, 15) is 26.4 Å². The summed E-state index contributed by atoms with van der Waals surface area (Å²) in [6.07, 6.45) is -4.81. The standard InChI is InChI=1S/C18H18F3NO4S/c1-12(22-17(23)18(19,20)21)11-13-3-7-15(8-4-13)27(24,25)16-9-5-14(26-2)6-10-16/h3-10,12H,11H2,1-2H3,(H,22,23). The van der Waals surface area contributed by atoms with Crippen molar-refractivity contribution in [1.82, 2.24) is 5.32 Å². The zero-order valence-corrected chi connectivity index (χ0v) is 15.4. The predicted octanol–water partition coefficient (Wildman–Crippen LogP) is 3.14. The van der Waals surface area contributed by atoms with Crippen molar-refractivity contribution in [3.8, 4) is 5.75 Å². The molecule has 2 aromatic rings. The van der Waals surface area contributed by atoms with Crippen LogP contribution in [0.1, 0.15) is 12.5 Å². The lowest BCUT2D eigenvalue weighted by atomic mass is 10.1. The van der Waals surface area contributed by atoms with Gasteiger partial charge in [0.05, 0.1) is 16.9 Å². The summed E-state index contributed by atoms with van der Waals surface area (Å²) < 4.78 is 67.0. The highest BCUT2D eigenvalue weighted by Crippen LogP contribution is 2.23. The topological polar surface area (TPSA) is 72.5 Å². The lowest BCUT2D eigenvalue weighted by Gasteiger charge is -2.15. The van der Waals surface area contributed by atoms with Crippen LogP contribution in [-0.2, 0) is 21.1 Å². The average molecular weight is 401 g/mol. The number of carbonyl (C=O) groups is 1. The Kier molecular flexibility index (Phi) is 6.15. The fraction of sp³-hybridized carbons (Fsp3) is 0.278. The normalized spacial score (nSPS) is 13.1. The van der Waals surface area contributed by atoms with Crippen LogP contribution in [0.15, 0.2) is 58.3 Å². The van der Waals surface area contributed by atoms with E-state index in [1.165, 1.54) is 62.6 Å². The number of halogens is 3. The molecular weight excluding hydrogens is 383 g/mol. The van der Waals surface area contributed by atoms with Gasteiger partial charge in [-0.3, -0.25) is 4.79 Å². The van der Waals surface area contributed by atoms with Crippen LogP contribution >= 0.6 is 0 Å². The molecule has 0 aliphatic heterocycles. The molecule has 2 rings (SSSR count). The summed E-state index contributed by atoms with van der Waals surface area (Å²) in [5.74, 6) is -1.48. The Hall–Kier alpha value is -2.55. The van der Waals surface area contributed by atoms with Gasteiger partial charge in [-0.2, -0.15) is 13.2 Å². The first-order valence-electron chi connectivity index (χ1n) is 7.90. The van der Waals surface area contributed by atoms with E-state index in [2.05, 4.69) is 0 Å². The van der Waals surface area contributed by atoms with Gasteiger partial charge in [0.1, 0.15) is 5.75 Å². The second kappa shape index (κ2) is 7.99. The molecule has 1 atom stereocenters. The van der Waals surface area contributed by atoms with Gasteiger partial charge in [-0.25, -0.2) is 8.42 Å². The summed E-state index contributed by atoms with van der Waals surface area (Å²) in [6, 6.07) is 10.9. The second-order valence-corrected chi connectivity index (χ2v) is 7.85. The quantitative estimate of drug-likeness (QED) is 0.807. The second-order valence-electron chi connectivity index (χ2n) is 5.90. The minimum absolute atomic E-state index is 0.0587. The van der Waals surface area contributed by atoms with Crippen molar-refractivity contribution in [2.24, 2.45) is 0 Å². The minimum atomic E-state index is -4.94. The molecule has 0 aliphatic rings. The first-order valence-corrected chi connectivity index (χ1v) is 9.38. The van der Waals surface area contributed by atoms with Gasteiger partial charge in [-0.1, -0.05) is 12.1 Å². The fourth-order valence-electron chi connectivity index (χ4n) is 2.41. The molecule has 0 bridgehead atoms. The molecule has 146 valence electrons. The SMILES string of the molecule is COc1ccc(S(=O)(=O)c2ccc(CC(C)NC(=O)C(F)(F)F)cc2)cc1. The summed E-state index contributed by atoms with van der Waals surface area (Å²) in [7, 11) is -2.25. The maximum atomic E-state index is 12.6. The number of carbonyl (C=O) groups excluding carboxylic acids is 1. The van der Waals surface area contributed by atoms with Gasteiger partial charge in [0.2, 0.25) is 9.84 Å². The Morgan fingerprint density at radius 2 is 1.52 bits per heavy atom. The van der Waals surface area contributed by atoms with Crippen LogP contribution in [-0.4, -0.2) is 33.7 Å². The van der Waals surface area contributed by atoms with Gasteiger partial charge in [-0.15, -0.1) is 0 Å². The van der Waals surface area contributed by atoms with Crippen LogP contribution in [0.2, 0.25) is 0 Å². The van der Waals surface area contributed by atoms with E-state index in [1.54, 1.807) is 0 Å². The van der Waals surface area contributed by atoms with E-state index >= 15 is 0 Å². The molecule has 0 heterocycles. The Bertz CT molecular complexity index is 892. The maximum Gasteiger partial charge on any atom is 0.471 e. The van der Waals surface area contributed by atoms with Gasteiger partial charge in [0, 0.05) is 6.04 Å². The molecule has 0 radical (unpaired) electrons. The monoisotopic (exact) mass is 401 g/mol. The largest absolute Gasteiger partial charge is 0.497 e. The molecule has 1 amide bonds. The smallest absolute Gasteiger partial charge is 0.471 e. The van der Waals surface area contributed by atoms with E-state index in [-0.39, 0.29) is 16.2 Å². The van der Waals surface area contributed by atoms with Crippen LogP contribution < -0.4 is 10.1 Å². The molecule has 1 unspecified atom stereocenters. The first kappa shape index (κ1) is 20.8. The summed E-state index contributed by atoms with van der Waals surface area (Å²) in [5.41, 5.74) is 0.596. The highest BCUT2D eigenvalue weighted by molar-refractivity contribution is 7.91. The third-order valence-corrected chi connectivity index (χ3v) is 5.57. The molecule has 0 fully saturated rings. The van der Waals surface area contributed by atoms with Crippen LogP contribution in [0.4, 0.5) is 13.2 Å². The Balaban J connectivity index is 2.10. The first-order chi connectivity index (χ1) is 12.5. The molecule has 0 spiro atoms.